The molecule has 2 aromatic rings. The van der Waals surface area contributed by atoms with Gasteiger partial charge in [0.15, 0.2) is 0 Å². The molecule has 1 aliphatic carbocycles. The standard InChI is InChI=1S/C27H37N3O2.2ClH/c1-32-24-12-8-11-23(21-24)30-19-17-29(18-20-30)16-6-2-3-15-27(31)28-26-14-7-10-22-9-4-5-13-25(22)26;;/h4-5,8-9,11-13,21,26H,2-3,6-7,10,14-20H2,1H3,(H,28,31);2*1H. The number of nitrogens with zero attached hydrogens (tertiary/aromatic N) is 2. The Balaban J connectivity index is 0.00000204. The molecule has 2 aromatic carbocycles. The van der Waals surface area contributed by atoms with Crippen LogP contribution in [0, 0.1) is 0 Å². The first-order valence-corrected chi connectivity index (χ1v) is 12.2. The van der Waals surface area contributed by atoms with Crippen molar-refractivity contribution in [1.82, 2.24) is 10.2 Å². The van der Waals surface area contributed by atoms with Gasteiger partial charge >= 0.3 is 0 Å². The Labute approximate surface area is 217 Å². The van der Waals surface area contributed by atoms with Gasteiger partial charge in [-0.25, -0.2) is 0 Å². The van der Waals surface area contributed by atoms with Crippen LogP contribution in [-0.2, 0) is 11.2 Å². The fraction of sp³-hybridized carbons (Fsp3) is 0.519. The molecule has 1 atom stereocenters. The van der Waals surface area contributed by atoms with Gasteiger partial charge in [0.05, 0.1) is 13.2 Å². The number of rotatable bonds is 9. The molecule has 0 bridgehead atoms. The monoisotopic (exact) mass is 507 g/mol. The second-order valence-corrected chi connectivity index (χ2v) is 9.05. The number of carbonyl (C=O) groups excluding carboxylic acids is 1. The summed E-state index contributed by atoms with van der Waals surface area (Å²) in [4.78, 5) is 17.5. The number of fused-ring (bicyclic) bond motifs is 1. The molecule has 7 heteroatoms. The van der Waals surface area contributed by atoms with Crippen molar-refractivity contribution in [2.24, 2.45) is 0 Å². The van der Waals surface area contributed by atoms with E-state index < -0.39 is 0 Å². The number of anilines is 1. The molecule has 2 aliphatic rings. The molecule has 0 spiro atoms. The van der Waals surface area contributed by atoms with Crippen LogP contribution in [0.25, 0.3) is 0 Å². The number of carbonyl (C=O) groups is 1. The van der Waals surface area contributed by atoms with E-state index in [1.54, 1.807) is 7.11 Å². The number of hydrogen-bond acceptors (Lipinski definition) is 4. The molecule has 1 N–H and O–H groups in total. The van der Waals surface area contributed by atoms with Crippen LogP contribution < -0.4 is 15.0 Å². The van der Waals surface area contributed by atoms with Crippen LogP contribution in [0.1, 0.15) is 55.7 Å². The van der Waals surface area contributed by atoms with Crippen molar-refractivity contribution in [3.8, 4) is 5.75 Å². The number of nitrogens with one attached hydrogen (secondary N) is 1. The molecule has 1 fully saturated rings. The SMILES string of the molecule is COc1cccc(N2CCN(CCCCCC(=O)NC3CCCc4ccccc43)CC2)c1.Cl.Cl. The second kappa shape index (κ2) is 14.4. The van der Waals surface area contributed by atoms with Crippen LogP contribution in [0.3, 0.4) is 0 Å². The van der Waals surface area contributed by atoms with Gasteiger partial charge in [0.25, 0.3) is 0 Å². The maximum Gasteiger partial charge on any atom is 0.220 e. The minimum atomic E-state index is 0. The van der Waals surface area contributed by atoms with E-state index >= 15 is 0 Å². The van der Waals surface area contributed by atoms with Gasteiger partial charge in [-0.3, -0.25) is 9.69 Å². The summed E-state index contributed by atoms with van der Waals surface area (Å²) in [6.45, 7) is 5.43. The van der Waals surface area contributed by atoms with E-state index in [1.165, 1.54) is 23.2 Å². The number of amides is 1. The molecule has 0 radical (unpaired) electrons. The number of aryl methyl sites for hydroxylation is 1. The lowest BCUT2D eigenvalue weighted by Crippen LogP contribution is -2.46. The molecule has 5 nitrogen and oxygen atoms in total. The van der Waals surface area contributed by atoms with Crippen LogP contribution in [0.5, 0.6) is 5.75 Å². The lowest BCUT2D eigenvalue weighted by atomic mass is 9.87. The summed E-state index contributed by atoms with van der Waals surface area (Å²) < 4.78 is 5.35. The topological polar surface area (TPSA) is 44.8 Å². The minimum Gasteiger partial charge on any atom is -0.497 e. The molecule has 1 amide bonds. The average Bonchev–Trinajstić information content (AvgIpc) is 2.84. The van der Waals surface area contributed by atoms with E-state index in [1.807, 2.05) is 6.07 Å². The number of piperazine rings is 1. The Morgan fingerprint density at radius 2 is 1.79 bits per heavy atom. The Morgan fingerprint density at radius 3 is 2.59 bits per heavy atom. The van der Waals surface area contributed by atoms with Gasteiger partial charge in [-0.15, -0.1) is 24.8 Å². The summed E-state index contributed by atoms with van der Waals surface area (Å²) in [6, 6.07) is 17.1. The molecule has 0 aromatic heterocycles. The first-order chi connectivity index (χ1) is 15.7. The van der Waals surface area contributed by atoms with Crippen LogP contribution in [0.15, 0.2) is 48.5 Å². The zero-order chi connectivity index (χ0) is 22.2. The fourth-order valence-corrected chi connectivity index (χ4v) is 5.00. The predicted octanol–water partition coefficient (Wildman–Crippen LogP) is 5.42. The largest absolute Gasteiger partial charge is 0.497 e. The number of unbranched alkanes of at least 4 members (excludes halogenated alkanes) is 2. The van der Waals surface area contributed by atoms with Crippen molar-refractivity contribution in [3.63, 3.8) is 0 Å². The van der Waals surface area contributed by atoms with Gasteiger partial charge in [0.1, 0.15) is 5.75 Å². The van der Waals surface area contributed by atoms with E-state index in [4.69, 9.17) is 4.74 Å². The van der Waals surface area contributed by atoms with E-state index in [0.717, 1.165) is 70.6 Å². The van der Waals surface area contributed by atoms with E-state index in [-0.39, 0.29) is 36.8 Å². The number of hydrogen-bond donors (Lipinski definition) is 1. The lowest BCUT2D eigenvalue weighted by molar-refractivity contribution is -0.122. The molecule has 0 saturated carbocycles. The normalized spacial score (nSPS) is 17.7. The third kappa shape index (κ3) is 7.79. The number of methoxy groups -OCH3 is 1. The van der Waals surface area contributed by atoms with E-state index in [2.05, 4.69) is 57.6 Å². The average molecular weight is 509 g/mol. The third-order valence-corrected chi connectivity index (χ3v) is 6.87. The van der Waals surface area contributed by atoms with Crippen molar-refractivity contribution < 1.29 is 9.53 Å². The van der Waals surface area contributed by atoms with Crippen molar-refractivity contribution in [3.05, 3.63) is 59.7 Å². The Hall–Kier alpha value is -1.95. The third-order valence-electron chi connectivity index (χ3n) is 6.87. The second-order valence-electron chi connectivity index (χ2n) is 9.05. The van der Waals surface area contributed by atoms with Gasteiger partial charge in [0, 0.05) is 44.4 Å². The van der Waals surface area contributed by atoms with Crippen LogP contribution in [0.2, 0.25) is 0 Å². The highest BCUT2D eigenvalue weighted by Gasteiger charge is 2.21. The van der Waals surface area contributed by atoms with Gasteiger partial charge < -0.3 is 15.0 Å². The molecule has 1 saturated heterocycles. The summed E-state index contributed by atoms with van der Waals surface area (Å²) in [5, 5.41) is 3.28. The van der Waals surface area contributed by atoms with E-state index in [9.17, 15) is 4.79 Å². The molecule has 34 heavy (non-hydrogen) atoms. The first kappa shape index (κ1) is 28.3. The summed E-state index contributed by atoms with van der Waals surface area (Å²) >= 11 is 0. The molecule has 4 rings (SSSR count). The van der Waals surface area contributed by atoms with Crippen LogP contribution >= 0.6 is 24.8 Å². The smallest absolute Gasteiger partial charge is 0.220 e. The predicted molar refractivity (Wildman–Crippen MR) is 145 cm³/mol. The zero-order valence-corrected chi connectivity index (χ0v) is 21.8. The highest BCUT2D eigenvalue weighted by Crippen LogP contribution is 2.29. The molecular weight excluding hydrogens is 469 g/mol. The summed E-state index contributed by atoms with van der Waals surface area (Å²) in [5.74, 6) is 1.13. The van der Waals surface area contributed by atoms with Crippen molar-refractivity contribution >= 4 is 36.4 Å². The zero-order valence-electron chi connectivity index (χ0n) is 20.2. The van der Waals surface area contributed by atoms with Crippen LogP contribution in [-0.4, -0.2) is 50.6 Å². The molecule has 188 valence electrons. The number of ether oxygens (including phenoxy) is 1. The Kier molecular flexibility index (Phi) is 12.0. The summed E-state index contributed by atoms with van der Waals surface area (Å²) in [6.07, 6.45) is 7.25. The highest BCUT2D eigenvalue weighted by molar-refractivity contribution is 5.85. The quantitative estimate of drug-likeness (QED) is 0.460. The summed E-state index contributed by atoms with van der Waals surface area (Å²) in [7, 11) is 1.72. The van der Waals surface area contributed by atoms with Crippen LogP contribution in [0.4, 0.5) is 5.69 Å². The Bertz CT molecular complexity index is 888. The fourth-order valence-electron chi connectivity index (χ4n) is 5.00. The van der Waals surface area contributed by atoms with Gasteiger partial charge in [-0.05, 0) is 61.9 Å². The highest BCUT2D eigenvalue weighted by atomic mass is 35.5. The Morgan fingerprint density at radius 1 is 1.00 bits per heavy atom. The van der Waals surface area contributed by atoms with Crippen molar-refractivity contribution in [2.75, 3.05) is 44.7 Å². The van der Waals surface area contributed by atoms with Gasteiger partial charge in [0.2, 0.25) is 5.91 Å². The first-order valence-electron chi connectivity index (χ1n) is 12.2. The number of halogens is 2. The maximum atomic E-state index is 12.5. The summed E-state index contributed by atoms with van der Waals surface area (Å²) in [5.41, 5.74) is 3.96. The van der Waals surface area contributed by atoms with E-state index in [0.29, 0.717) is 6.42 Å². The number of benzene rings is 2. The molecular formula is C27H39Cl2N3O2. The van der Waals surface area contributed by atoms with Gasteiger partial charge in [-0.1, -0.05) is 36.8 Å². The maximum absolute atomic E-state index is 12.5. The van der Waals surface area contributed by atoms with Gasteiger partial charge in [-0.2, -0.15) is 0 Å². The van der Waals surface area contributed by atoms with Crippen molar-refractivity contribution in [2.45, 2.75) is 51.0 Å². The van der Waals surface area contributed by atoms with Crippen molar-refractivity contribution in [1.29, 1.82) is 0 Å². The lowest BCUT2D eigenvalue weighted by Gasteiger charge is -2.36. The minimum absolute atomic E-state index is 0. The molecule has 1 aliphatic heterocycles. The molecule has 1 heterocycles. The molecule has 1 unspecified atom stereocenters.